The number of aromatic carboxylic acids is 1. The Morgan fingerprint density at radius 1 is 1.16 bits per heavy atom. The molecule has 31 heavy (non-hydrogen) atoms. The molecule has 1 atom stereocenters. The average Bonchev–Trinajstić information content (AvgIpc) is 3.12. The summed E-state index contributed by atoms with van der Waals surface area (Å²) in [6, 6.07) is 11.7. The first-order valence-electron chi connectivity index (χ1n) is 9.21. The maximum absolute atomic E-state index is 13.6. The normalized spacial score (nSPS) is 15.9. The number of methoxy groups -OCH3 is 1. The van der Waals surface area contributed by atoms with Crippen LogP contribution in [0.3, 0.4) is 0 Å². The number of carboxylic acids is 1. The van der Waals surface area contributed by atoms with Gasteiger partial charge in [-0.15, -0.1) is 11.3 Å². The molecular formula is C22H16F3NO4S. The minimum Gasteiger partial charge on any atom is -0.497 e. The molecule has 0 fully saturated rings. The second-order valence-electron chi connectivity index (χ2n) is 6.97. The number of carbonyl (C=O) groups excluding carboxylic acids is 1. The first-order valence-corrected chi connectivity index (χ1v) is 10.0. The minimum atomic E-state index is -4.60. The number of alkyl halides is 3. The Balaban J connectivity index is 1.94. The van der Waals surface area contributed by atoms with E-state index >= 15 is 0 Å². The van der Waals surface area contributed by atoms with Gasteiger partial charge in [0, 0.05) is 22.8 Å². The third-order valence-electron chi connectivity index (χ3n) is 5.12. The van der Waals surface area contributed by atoms with E-state index in [1.54, 1.807) is 24.3 Å². The van der Waals surface area contributed by atoms with Gasteiger partial charge in [-0.3, -0.25) is 4.79 Å². The number of halogens is 3. The van der Waals surface area contributed by atoms with Gasteiger partial charge >= 0.3 is 12.1 Å². The molecule has 5 nitrogen and oxygen atoms in total. The lowest BCUT2D eigenvalue weighted by Gasteiger charge is -2.26. The fourth-order valence-corrected chi connectivity index (χ4v) is 5.02. The zero-order chi connectivity index (χ0) is 22.3. The van der Waals surface area contributed by atoms with Crippen molar-refractivity contribution in [1.29, 1.82) is 0 Å². The number of carboxylic acid groups (broad SMARTS) is 1. The van der Waals surface area contributed by atoms with Crippen LogP contribution < -0.4 is 10.1 Å². The zero-order valence-corrected chi connectivity index (χ0v) is 16.9. The Morgan fingerprint density at radius 3 is 2.45 bits per heavy atom. The van der Waals surface area contributed by atoms with Crippen LogP contribution >= 0.6 is 11.3 Å². The van der Waals surface area contributed by atoms with Gasteiger partial charge in [0.25, 0.3) is 0 Å². The quantitative estimate of drug-likeness (QED) is 0.545. The maximum atomic E-state index is 13.6. The van der Waals surface area contributed by atoms with E-state index in [0.717, 1.165) is 17.4 Å². The van der Waals surface area contributed by atoms with Crippen LogP contribution in [0.25, 0.3) is 11.1 Å². The van der Waals surface area contributed by atoms with E-state index in [2.05, 4.69) is 5.32 Å². The van der Waals surface area contributed by atoms with Crippen molar-refractivity contribution >= 4 is 28.9 Å². The van der Waals surface area contributed by atoms with Crippen molar-refractivity contribution in [3.8, 4) is 16.9 Å². The predicted octanol–water partition coefficient (Wildman–Crippen LogP) is 5.61. The molecule has 9 heteroatoms. The number of nitrogens with one attached hydrogen (secondary N) is 1. The summed E-state index contributed by atoms with van der Waals surface area (Å²) in [6.07, 6.45) is -4.81. The molecule has 0 saturated carbocycles. The molecule has 160 valence electrons. The fraction of sp³-hybridized carbons (Fsp3) is 0.182. The monoisotopic (exact) mass is 447 g/mol. The lowest BCUT2D eigenvalue weighted by atomic mass is 9.86. The van der Waals surface area contributed by atoms with Crippen molar-refractivity contribution in [2.45, 2.75) is 18.5 Å². The molecule has 0 bridgehead atoms. The van der Waals surface area contributed by atoms with Crippen LogP contribution in [0.1, 0.15) is 38.0 Å². The van der Waals surface area contributed by atoms with E-state index in [9.17, 15) is 27.9 Å². The molecule has 1 aromatic heterocycles. The van der Waals surface area contributed by atoms with Crippen molar-refractivity contribution in [3.63, 3.8) is 0 Å². The molecule has 0 radical (unpaired) electrons. The summed E-state index contributed by atoms with van der Waals surface area (Å²) in [7, 11) is 1.49. The van der Waals surface area contributed by atoms with E-state index in [1.165, 1.54) is 25.3 Å². The van der Waals surface area contributed by atoms with Crippen molar-refractivity contribution in [1.82, 2.24) is 0 Å². The molecule has 4 rings (SSSR count). The fourth-order valence-electron chi connectivity index (χ4n) is 3.78. The predicted molar refractivity (Wildman–Crippen MR) is 110 cm³/mol. The zero-order valence-electron chi connectivity index (χ0n) is 16.1. The van der Waals surface area contributed by atoms with Gasteiger partial charge in [-0.25, -0.2) is 4.79 Å². The largest absolute Gasteiger partial charge is 0.497 e. The van der Waals surface area contributed by atoms with Crippen LogP contribution in [0.2, 0.25) is 0 Å². The van der Waals surface area contributed by atoms with Crippen molar-refractivity contribution in [2.75, 3.05) is 12.4 Å². The number of benzene rings is 2. The second kappa shape index (κ2) is 7.73. The Labute approximate surface area is 179 Å². The van der Waals surface area contributed by atoms with Crippen LogP contribution in [-0.2, 0) is 11.0 Å². The lowest BCUT2D eigenvalue weighted by molar-refractivity contribution is -0.138. The molecule has 1 amide bonds. The summed E-state index contributed by atoms with van der Waals surface area (Å²) in [6.45, 7) is 0. The van der Waals surface area contributed by atoms with Crippen molar-refractivity contribution < 1.29 is 32.6 Å². The topological polar surface area (TPSA) is 75.6 Å². The number of amides is 1. The summed E-state index contributed by atoms with van der Waals surface area (Å²) in [4.78, 5) is 24.8. The molecule has 0 spiro atoms. The molecule has 2 heterocycles. The summed E-state index contributed by atoms with van der Waals surface area (Å²) < 4.78 is 46.0. The summed E-state index contributed by atoms with van der Waals surface area (Å²) in [5.41, 5.74) is 0.145. The average molecular weight is 447 g/mol. The number of thiophene rings is 1. The SMILES string of the molecule is COc1ccc(-c2c(C(=O)O)sc3c2NC(=O)C[C@@H]3c2ccccc2C(F)(F)F)cc1. The highest BCUT2D eigenvalue weighted by Crippen LogP contribution is 2.51. The molecule has 3 aromatic rings. The Bertz CT molecular complexity index is 1170. The van der Waals surface area contributed by atoms with Gasteiger partial charge in [0.15, 0.2) is 0 Å². The maximum Gasteiger partial charge on any atom is 0.416 e. The van der Waals surface area contributed by atoms with Crippen LogP contribution in [0.4, 0.5) is 18.9 Å². The molecule has 2 N–H and O–H groups in total. The first-order chi connectivity index (χ1) is 14.7. The minimum absolute atomic E-state index is 0.0492. The number of anilines is 1. The van der Waals surface area contributed by atoms with Gasteiger partial charge in [-0.2, -0.15) is 13.2 Å². The second-order valence-corrected chi connectivity index (χ2v) is 8.02. The first kappa shape index (κ1) is 20.9. The molecule has 0 saturated heterocycles. The van der Waals surface area contributed by atoms with Gasteiger partial charge < -0.3 is 15.2 Å². The molecular weight excluding hydrogens is 431 g/mol. The standard InChI is InChI=1S/C22H16F3NO4S/c1-30-12-8-6-11(7-9-12)17-18-19(31-20(17)21(28)29)14(10-16(27)26-18)13-4-2-3-5-15(13)22(23,24)25/h2-9,14H,10H2,1H3,(H,26,27)(H,28,29)/t14-/m1/s1. The van der Waals surface area contributed by atoms with Crippen molar-refractivity contribution in [3.05, 3.63) is 69.4 Å². The van der Waals surface area contributed by atoms with Gasteiger partial charge in [0.2, 0.25) is 5.91 Å². The van der Waals surface area contributed by atoms with Gasteiger partial charge in [-0.05, 0) is 29.3 Å². The molecule has 0 unspecified atom stereocenters. The Kier molecular flexibility index (Phi) is 5.22. The number of hydrogen-bond donors (Lipinski definition) is 2. The number of rotatable bonds is 4. The van der Waals surface area contributed by atoms with Gasteiger partial charge in [-0.1, -0.05) is 30.3 Å². The third-order valence-corrected chi connectivity index (χ3v) is 6.41. The van der Waals surface area contributed by atoms with Crippen LogP contribution in [0, 0.1) is 0 Å². The van der Waals surface area contributed by atoms with E-state index in [0.29, 0.717) is 16.2 Å². The molecule has 1 aliphatic rings. The van der Waals surface area contributed by atoms with Crippen molar-refractivity contribution in [2.24, 2.45) is 0 Å². The van der Waals surface area contributed by atoms with Crippen LogP contribution in [0.15, 0.2) is 48.5 Å². The van der Waals surface area contributed by atoms with E-state index in [-0.39, 0.29) is 28.1 Å². The van der Waals surface area contributed by atoms with Crippen LogP contribution in [-0.4, -0.2) is 24.1 Å². The highest BCUT2D eigenvalue weighted by molar-refractivity contribution is 7.15. The van der Waals surface area contributed by atoms with Crippen LogP contribution in [0.5, 0.6) is 5.75 Å². The van der Waals surface area contributed by atoms with E-state index in [4.69, 9.17) is 4.74 Å². The Morgan fingerprint density at radius 2 is 1.84 bits per heavy atom. The number of carbonyl (C=O) groups is 2. The molecule has 0 aliphatic carbocycles. The number of fused-ring (bicyclic) bond motifs is 1. The smallest absolute Gasteiger partial charge is 0.416 e. The number of hydrogen-bond acceptors (Lipinski definition) is 4. The third kappa shape index (κ3) is 3.76. The van der Waals surface area contributed by atoms with Gasteiger partial charge in [0.05, 0.1) is 18.4 Å². The number of ether oxygens (including phenoxy) is 1. The highest BCUT2D eigenvalue weighted by Gasteiger charge is 2.40. The molecule has 2 aromatic carbocycles. The summed E-state index contributed by atoms with van der Waals surface area (Å²) in [5.74, 6) is -2.04. The van der Waals surface area contributed by atoms with E-state index < -0.39 is 29.5 Å². The summed E-state index contributed by atoms with van der Waals surface area (Å²) >= 11 is 0.886. The van der Waals surface area contributed by atoms with E-state index in [1.807, 2.05) is 0 Å². The summed E-state index contributed by atoms with van der Waals surface area (Å²) in [5, 5.41) is 12.5. The highest BCUT2D eigenvalue weighted by atomic mass is 32.1. The van der Waals surface area contributed by atoms with Gasteiger partial charge in [0.1, 0.15) is 10.6 Å². The Hall–Kier alpha value is -3.33. The lowest BCUT2D eigenvalue weighted by Crippen LogP contribution is -2.24. The molecule has 1 aliphatic heterocycles.